The van der Waals surface area contributed by atoms with E-state index in [1.165, 1.54) is 16.9 Å². The summed E-state index contributed by atoms with van der Waals surface area (Å²) in [5.74, 6) is 0. The third kappa shape index (κ3) is 2.91. The molecule has 2 heterocycles. The van der Waals surface area contributed by atoms with Crippen LogP contribution in [0.25, 0.3) is 0 Å². The van der Waals surface area contributed by atoms with Crippen LogP contribution in [0.5, 0.6) is 0 Å². The van der Waals surface area contributed by atoms with Crippen LogP contribution in [0.1, 0.15) is 5.56 Å². The van der Waals surface area contributed by atoms with Crippen LogP contribution in [0.3, 0.4) is 0 Å². The Labute approximate surface area is 122 Å². The van der Waals surface area contributed by atoms with Crippen molar-refractivity contribution in [3.63, 3.8) is 0 Å². The van der Waals surface area contributed by atoms with Gasteiger partial charge in [0.15, 0.2) is 0 Å². The first-order chi connectivity index (χ1) is 9.74. The Morgan fingerprint density at radius 3 is 2.30 bits per heavy atom. The first-order valence-corrected chi connectivity index (χ1v) is 7.74. The molecule has 4 heteroatoms. The summed E-state index contributed by atoms with van der Waals surface area (Å²) < 4.78 is 0. The zero-order valence-corrected chi connectivity index (χ0v) is 12.7. The number of hydrogen-bond donors (Lipinski definition) is 1. The van der Waals surface area contributed by atoms with Crippen LogP contribution >= 0.6 is 0 Å². The van der Waals surface area contributed by atoms with Gasteiger partial charge in [-0.15, -0.1) is 0 Å². The summed E-state index contributed by atoms with van der Waals surface area (Å²) in [5, 5.41) is 3.42. The van der Waals surface area contributed by atoms with Gasteiger partial charge in [-0.2, -0.15) is 0 Å². The molecule has 2 saturated heterocycles. The number of hydrogen-bond acceptors (Lipinski definition) is 4. The number of likely N-dealkylation sites (N-methyl/N-ethyl adjacent to an activating group) is 1. The lowest BCUT2D eigenvalue weighted by molar-refractivity contribution is 0.312. The normalized spacial score (nSPS) is 21.3. The summed E-state index contributed by atoms with van der Waals surface area (Å²) in [6.07, 6.45) is 0. The Bertz CT molecular complexity index is 446. The van der Waals surface area contributed by atoms with Crippen LogP contribution in [-0.4, -0.2) is 64.3 Å². The van der Waals surface area contributed by atoms with E-state index in [4.69, 9.17) is 0 Å². The fourth-order valence-electron chi connectivity index (χ4n) is 3.11. The van der Waals surface area contributed by atoms with E-state index in [9.17, 15) is 0 Å². The van der Waals surface area contributed by atoms with Crippen molar-refractivity contribution in [3.8, 4) is 0 Å². The molecule has 0 atom stereocenters. The Balaban J connectivity index is 1.79. The van der Waals surface area contributed by atoms with Crippen LogP contribution in [0.2, 0.25) is 0 Å². The number of nitrogens with zero attached hydrogens (tertiary/aromatic N) is 3. The zero-order chi connectivity index (χ0) is 13.9. The molecule has 0 aliphatic carbocycles. The van der Waals surface area contributed by atoms with Gasteiger partial charge in [-0.05, 0) is 31.7 Å². The van der Waals surface area contributed by atoms with Gasteiger partial charge in [-0.3, -0.25) is 0 Å². The molecule has 20 heavy (non-hydrogen) atoms. The maximum absolute atomic E-state index is 3.42. The fraction of sp³-hybridized carbons (Fsp3) is 0.625. The van der Waals surface area contributed by atoms with Crippen molar-refractivity contribution in [2.24, 2.45) is 0 Å². The van der Waals surface area contributed by atoms with E-state index < -0.39 is 0 Å². The standard InChI is InChI=1S/C16H26N4/c1-14-3-4-15(19-7-5-17-6-8-19)13-16(14)20-11-9-18(2)10-12-20/h3-4,13,17H,5-12H2,1-2H3. The molecule has 1 aromatic rings. The number of piperazine rings is 2. The molecule has 0 unspecified atom stereocenters. The number of benzene rings is 1. The minimum Gasteiger partial charge on any atom is -0.369 e. The van der Waals surface area contributed by atoms with Gasteiger partial charge >= 0.3 is 0 Å². The first-order valence-electron chi connectivity index (χ1n) is 7.74. The predicted molar refractivity (Wildman–Crippen MR) is 86.0 cm³/mol. The largest absolute Gasteiger partial charge is 0.369 e. The number of rotatable bonds is 2. The van der Waals surface area contributed by atoms with Crippen LogP contribution in [0, 0.1) is 6.92 Å². The molecule has 1 N–H and O–H groups in total. The van der Waals surface area contributed by atoms with Crippen molar-refractivity contribution in [1.82, 2.24) is 10.2 Å². The van der Waals surface area contributed by atoms with Gasteiger partial charge in [-0.25, -0.2) is 0 Å². The minimum absolute atomic E-state index is 1.09. The smallest absolute Gasteiger partial charge is 0.0417 e. The molecular weight excluding hydrogens is 248 g/mol. The summed E-state index contributed by atoms with van der Waals surface area (Å²) in [5.41, 5.74) is 4.20. The molecular formula is C16H26N4. The SMILES string of the molecule is Cc1ccc(N2CCNCC2)cc1N1CCN(C)CC1. The third-order valence-electron chi connectivity index (χ3n) is 4.52. The number of aryl methyl sites for hydroxylation is 1. The maximum atomic E-state index is 3.42. The van der Waals surface area contributed by atoms with Gasteiger partial charge in [0.25, 0.3) is 0 Å². The summed E-state index contributed by atoms with van der Waals surface area (Å²) in [4.78, 5) is 7.45. The summed E-state index contributed by atoms with van der Waals surface area (Å²) in [6, 6.07) is 6.96. The molecule has 2 aliphatic rings. The molecule has 0 saturated carbocycles. The molecule has 0 bridgehead atoms. The highest BCUT2D eigenvalue weighted by Gasteiger charge is 2.18. The van der Waals surface area contributed by atoms with Gasteiger partial charge in [0, 0.05) is 63.7 Å². The maximum Gasteiger partial charge on any atom is 0.0417 e. The second-order valence-electron chi connectivity index (χ2n) is 6.00. The number of nitrogens with one attached hydrogen (secondary N) is 1. The lowest BCUT2D eigenvalue weighted by Crippen LogP contribution is -2.45. The Morgan fingerprint density at radius 1 is 0.900 bits per heavy atom. The average Bonchev–Trinajstić information content (AvgIpc) is 2.50. The average molecular weight is 274 g/mol. The highest BCUT2D eigenvalue weighted by molar-refractivity contribution is 5.64. The molecule has 0 aromatic heterocycles. The molecule has 2 fully saturated rings. The monoisotopic (exact) mass is 274 g/mol. The van der Waals surface area contributed by atoms with E-state index in [0.717, 1.165) is 52.4 Å². The molecule has 0 amide bonds. The van der Waals surface area contributed by atoms with Crippen LogP contribution in [0.15, 0.2) is 18.2 Å². The van der Waals surface area contributed by atoms with Crippen molar-refractivity contribution in [2.45, 2.75) is 6.92 Å². The molecule has 4 nitrogen and oxygen atoms in total. The van der Waals surface area contributed by atoms with E-state index >= 15 is 0 Å². The van der Waals surface area contributed by atoms with Gasteiger partial charge in [-0.1, -0.05) is 6.07 Å². The van der Waals surface area contributed by atoms with E-state index in [1.54, 1.807) is 0 Å². The second-order valence-corrected chi connectivity index (χ2v) is 6.00. The quantitative estimate of drug-likeness (QED) is 0.873. The molecule has 2 aliphatic heterocycles. The lowest BCUT2D eigenvalue weighted by atomic mass is 10.1. The molecule has 0 radical (unpaired) electrons. The highest BCUT2D eigenvalue weighted by atomic mass is 15.3. The molecule has 110 valence electrons. The fourth-order valence-corrected chi connectivity index (χ4v) is 3.11. The van der Waals surface area contributed by atoms with Crippen molar-refractivity contribution in [3.05, 3.63) is 23.8 Å². The van der Waals surface area contributed by atoms with Crippen molar-refractivity contribution in [1.29, 1.82) is 0 Å². The van der Waals surface area contributed by atoms with Crippen molar-refractivity contribution >= 4 is 11.4 Å². The zero-order valence-electron chi connectivity index (χ0n) is 12.7. The van der Waals surface area contributed by atoms with Crippen LogP contribution in [-0.2, 0) is 0 Å². The highest BCUT2D eigenvalue weighted by Crippen LogP contribution is 2.27. The Morgan fingerprint density at radius 2 is 1.60 bits per heavy atom. The van der Waals surface area contributed by atoms with Crippen molar-refractivity contribution < 1.29 is 0 Å². The summed E-state index contributed by atoms with van der Waals surface area (Å²) in [6.45, 7) is 11.3. The van der Waals surface area contributed by atoms with E-state index in [1.807, 2.05) is 0 Å². The molecule has 1 aromatic carbocycles. The van der Waals surface area contributed by atoms with Crippen LogP contribution < -0.4 is 15.1 Å². The van der Waals surface area contributed by atoms with Gasteiger partial charge in [0.2, 0.25) is 0 Å². The van der Waals surface area contributed by atoms with Crippen LogP contribution in [0.4, 0.5) is 11.4 Å². The van der Waals surface area contributed by atoms with Crippen molar-refractivity contribution in [2.75, 3.05) is 69.2 Å². The number of anilines is 2. The van der Waals surface area contributed by atoms with E-state index in [0.29, 0.717) is 0 Å². The van der Waals surface area contributed by atoms with E-state index in [-0.39, 0.29) is 0 Å². The first kappa shape index (κ1) is 13.7. The summed E-state index contributed by atoms with van der Waals surface area (Å²) in [7, 11) is 2.21. The van der Waals surface area contributed by atoms with Gasteiger partial charge < -0.3 is 20.0 Å². The lowest BCUT2D eigenvalue weighted by Gasteiger charge is -2.36. The molecule has 0 spiro atoms. The third-order valence-corrected chi connectivity index (χ3v) is 4.52. The minimum atomic E-state index is 1.09. The molecule has 3 rings (SSSR count). The summed E-state index contributed by atoms with van der Waals surface area (Å²) >= 11 is 0. The topological polar surface area (TPSA) is 21.8 Å². The van der Waals surface area contributed by atoms with E-state index in [2.05, 4.69) is 52.2 Å². The Kier molecular flexibility index (Phi) is 4.13. The predicted octanol–water partition coefficient (Wildman–Crippen LogP) is 1.16. The second kappa shape index (κ2) is 6.02. The van der Waals surface area contributed by atoms with Gasteiger partial charge in [0.05, 0.1) is 0 Å². The van der Waals surface area contributed by atoms with Gasteiger partial charge in [0.1, 0.15) is 0 Å². The Hall–Kier alpha value is -1.26.